The third-order valence-corrected chi connectivity index (χ3v) is 5.59. The van der Waals surface area contributed by atoms with E-state index in [1.807, 2.05) is 60.7 Å². The van der Waals surface area contributed by atoms with Crippen LogP contribution in [-0.2, 0) is 24.2 Å². The highest BCUT2D eigenvalue weighted by Gasteiger charge is 2.16. The van der Waals surface area contributed by atoms with E-state index in [1.165, 1.54) is 12.8 Å². The van der Waals surface area contributed by atoms with Crippen molar-refractivity contribution in [2.75, 3.05) is 13.7 Å². The van der Waals surface area contributed by atoms with E-state index in [0.29, 0.717) is 18.5 Å². The Hall–Kier alpha value is -3.41. The van der Waals surface area contributed by atoms with Gasteiger partial charge < -0.3 is 14.6 Å². The van der Waals surface area contributed by atoms with Gasteiger partial charge in [0, 0.05) is 37.1 Å². The minimum atomic E-state index is -0.118. The van der Waals surface area contributed by atoms with Crippen LogP contribution in [0.2, 0.25) is 0 Å². The highest BCUT2D eigenvalue weighted by molar-refractivity contribution is 6.24. The van der Waals surface area contributed by atoms with Crippen molar-refractivity contribution in [2.24, 2.45) is 0 Å². The third-order valence-electron chi connectivity index (χ3n) is 5.59. The molecule has 0 saturated carbocycles. The van der Waals surface area contributed by atoms with E-state index < -0.39 is 0 Å². The molecule has 6 nitrogen and oxygen atoms in total. The molecule has 6 heteroatoms. The minimum absolute atomic E-state index is 0.118. The lowest BCUT2D eigenvalue weighted by molar-refractivity contribution is -0.115. The van der Waals surface area contributed by atoms with Gasteiger partial charge in [-0.2, -0.15) is 0 Å². The Morgan fingerprint density at radius 2 is 1.87 bits per heavy atom. The predicted molar refractivity (Wildman–Crippen MR) is 122 cm³/mol. The van der Waals surface area contributed by atoms with E-state index in [-0.39, 0.29) is 5.91 Å². The number of hydrogen-bond acceptors (Lipinski definition) is 4. The van der Waals surface area contributed by atoms with Crippen molar-refractivity contribution in [3.05, 3.63) is 77.4 Å². The van der Waals surface area contributed by atoms with E-state index in [9.17, 15) is 4.79 Å². The molecule has 3 aromatic rings. The Morgan fingerprint density at radius 1 is 1.06 bits per heavy atom. The van der Waals surface area contributed by atoms with Gasteiger partial charge in [-0.05, 0) is 30.5 Å². The number of hydrogen-bond donors (Lipinski definition) is 1. The number of para-hydroxylation sites is 1. The standard InChI is InChI=1S/C25H28N4O2/c1-31-22-13-8-7-12-20(22)18-21(19-10-4-2-5-11-19)25(30)26-16-15-24-28-27-23-14-6-3-9-17-29(23)24/h2,4-5,7-8,10-13,18H,3,6,9,14-17H2,1H3,(H,26,30). The first-order valence-electron chi connectivity index (χ1n) is 10.9. The van der Waals surface area contributed by atoms with Crippen LogP contribution in [0.4, 0.5) is 0 Å². The molecule has 4 rings (SSSR count). The van der Waals surface area contributed by atoms with Crippen LogP contribution in [0.25, 0.3) is 11.6 Å². The number of carbonyl (C=O) groups is 1. The number of methoxy groups -OCH3 is 1. The number of rotatable bonds is 7. The van der Waals surface area contributed by atoms with Gasteiger partial charge >= 0.3 is 0 Å². The summed E-state index contributed by atoms with van der Waals surface area (Å²) in [7, 11) is 1.64. The van der Waals surface area contributed by atoms with Crippen LogP contribution in [0.15, 0.2) is 54.6 Å². The number of aromatic nitrogens is 3. The normalized spacial score (nSPS) is 13.9. The summed E-state index contributed by atoms with van der Waals surface area (Å²) < 4.78 is 7.68. The van der Waals surface area contributed by atoms with Crippen molar-refractivity contribution < 1.29 is 9.53 Å². The molecule has 1 N–H and O–H groups in total. The van der Waals surface area contributed by atoms with Gasteiger partial charge in [0.1, 0.15) is 17.4 Å². The predicted octanol–water partition coefficient (Wildman–Crippen LogP) is 3.91. The minimum Gasteiger partial charge on any atom is -0.496 e. The molecule has 1 aromatic heterocycles. The summed E-state index contributed by atoms with van der Waals surface area (Å²) in [5, 5.41) is 11.8. The topological polar surface area (TPSA) is 69.0 Å². The second-order valence-corrected chi connectivity index (χ2v) is 7.67. The molecule has 0 atom stereocenters. The summed E-state index contributed by atoms with van der Waals surface area (Å²) in [5.41, 5.74) is 2.33. The van der Waals surface area contributed by atoms with Crippen molar-refractivity contribution in [3.8, 4) is 5.75 Å². The van der Waals surface area contributed by atoms with Gasteiger partial charge in [0.2, 0.25) is 0 Å². The van der Waals surface area contributed by atoms with Gasteiger partial charge in [-0.3, -0.25) is 4.79 Å². The van der Waals surface area contributed by atoms with E-state index in [2.05, 4.69) is 20.1 Å². The molecule has 1 aliphatic heterocycles. The number of fused-ring (bicyclic) bond motifs is 1. The van der Waals surface area contributed by atoms with E-state index in [4.69, 9.17) is 4.74 Å². The molecule has 0 bridgehead atoms. The first-order chi connectivity index (χ1) is 15.3. The molecule has 0 unspecified atom stereocenters. The van der Waals surface area contributed by atoms with Crippen LogP contribution >= 0.6 is 0 Å². The highest BCUT2D eigenvalue weighted by atomic mass is 16.5. The van der Waals surface area contributed by atoms with Crippen LogP contribution in [0.1, 0.15) is 42.0 Å². The Labute approximate surface area is 183 Å². The van der Waals surface area contributed by atoms with E-state index in [0.717, 1.165) is 47.9 Å². The average Bonchev–Trinajstić information content (AvgIpc) is 3.03. The molecule has 160 valence electrons. The Balaban J connectivity index is 1.51. The number of aryl methyl sites for hydroxylation is 1. The van der Waals surface area contributed by atoms with Crippen molar-refractivity contribution in [1.29, 1.82) is 0 Å². The first-order valence-corrected chi connectivity index (χ1v) is 10.9. The fraction of sp³-hybridized carbons (Fsp3) is 0.320. The number of nitrogens with zero attached hydrogens (tertiary/aromatic N) is 3. The zero-order chi connectivity index (χ0) is 21.5. The maximum atomic E-state index is 13.2. The van der Waals surface area contributed by atoms with Crippen molar-refractivity contribution in [3.63, 3.8) is 0 Å². The number of amides is 1. The maximum absolute atomic E-state index is 13.2. The molecule has 0 spiro atoms. The summed E-state index contributed by atoms with van der Waals surface area (Å²) in [6.45, 7) is 1.47. The largest absolute Gasteiger partial charge is 0.496 e. The Kier molecular flexibility index (Phi) is 6.77. The van der Waals surface area contributed by atoms with Gasteiger partial charge in [0.25, 0.3) is 5.91 Å². The van der Waals surface area contributed by atoms with Crippen LogP contribution in [-0.4, -0.2) is 34.3 Å². The average molecular weight is 417 g/mol. The molecule has 1 amide bonds. The Bertz CT molecular complexity index is 1060. The van der Waals surface area contributed by atoms with Gasteiger partial charge in [-0.1, -0.05) is 55.0 Å². The first kappa shape index (κ1) is 20.8. The molecule has 0 radical (unpaired) electrons. The van der Waals surface area contributed by atoms with Crippen molar-refractivity contribution >= 4 is 17.6 Å². The summed E-state index contributed by atoms with van der Waals surface area (Å²) in [6.07, 6.45) is 7.09. The number of benzene rings is 2. The molecular formula is C25H28N4O2. The lowest BCUT2D eigenvalue weighted by Crippen LogP contribution is -2.27. The fourth-order valence-electron chi connectivity index (χ4n) is 3.95. The fourth-order valence-corrected chi connectivity index (χ4v) is 3.95. The van der Waals surface area contributed by atoms with Crippen LogP contribution in [0.3, 0.4) is 0 Å². The van der Waals surface area contributed by atoms with Gasteiger partial charge in [-0.25, -0.2) is 0 Å². The summed E-state index contributed by atoms with van der Waals surface area (Å²) in [5.74, 6) is 2.63. The van der Waals surface area contributed by atoms with E-state index in [1.54, 1.807) is 7.11 Å². The molecular weight excluding hydrogens is 388 g/mol. The molecule has 2 heterocycles. The SMILES string of the molecule is COc1ccccc1C=C(C(=O)NCCc1nnc2n1CCCCC2)c1ccccc1. The molecule has 0 aliphatic carbocycles. The molecule has 0 fully saturated rings. The maximum Gasteiger partial charge on any atom is 0.251 e. The monoisotopic (exact) mass is 416 g/mol. The highest BCUT2D eigenvalue weighted by Crippen LogP contribution is 2.25. The summed E-state index contributed by atoms with van der Waals surface area (Å²) in [4.78, 5) is 13.2. The smallest absolute Gasteiger partial charge is 0.251 e. The second-order valence-electron chi connectivity index (χ2n) is 7.67. The van der Waals surface area contributed by atoms with Crippen molar-refractivity contribution in [1.82, 2.24) is 20.1 Å². The van der Waals surface area contributed by atoms with E-state index >= 15 is 0 Å². The lowest BCUT2D eigenvalue weighted by Gasteiger charge is -2.12. The quantitative estimate of drug-likeness (QED) is 0.468. The molecule has 2 aromatic carbocycles. The van der Waals surface area contributed by atoms with Gasteiger partial charge in [0.15, 0.2) is 0 Å². The summed E-state index contributed by atoms with van der Waals surface area (Å²) in [6, 6.07) is 17.4. The molecule has 0 saturated heterocycles. The van der Waals surface area contributed by atoms with Gasteiger partial charge in [-0.15, -0.1) is 10.2 Å². The van der Waals surface area contributed by atoms with Crippen LogP contribution < -0.4 is 10.1 Å². The zero-order valence-electron chi connectivity index (χ0n) is 17.9. The van der Waals surface area contributed by atoms with Crippen LogP contribution in [0, 0.1) is 0 Å². The Morgan fingerprint density at radius 3 is 2.71 bits per heavy atom. The summed E-state index contributed by atoms with van der Waals surface area (Å²) >= 11 is 0. The lowest BCUT2D eigenvalue weighted by atomic mass is 10.0. The number of carbonyl (C=O) groups excluding carboxylic acids is 1. The third kappa shape index (κ3) is 5.02. The molecule has 1 aliphatic rings. The van der Waals surface area contributed by atoms with Gasteiger partial charge in [0.05, 0.1) is 7.11 Å². The molecule has 31 heavy (non-hydrogen) atoms. The van der Waals surface area contributed by atoms with Crippen LogP contribution in [0.5, 0.6) is 5.75 Å². The number of nitrogens with one attached hydrogen (secondary N) is 1. The number of ether oxygens (including phenoxy) is 1. The second kappa shape index (κ2) is 10.1. The zero-order valence-corrected chi connectivity index (χ0v) is 17.9. The van der Waals surface area contributed by atoms with Crippen molar-refractivity contribution in [2.45, 2.75) is 38.6 Å².